The summed E-state index contributed by atoms with van der Waals surface area (Å²) in [5.41, 5.74) is -30.2. The van der Waals surface area contributed by atoms with Crippen molar-refractivity contribution in [2.24, 2.45) is 0 Å². The van der Waals surface area contributed by atoms with Crippen LogP contribution in [0.1, 0.15) is 99.9 Å². The third-order valence-electron chi connectivity index (χ3n) is 14.1. The fourth-order valence-electron chi connectivity index (χ4n) is 9.19. The summed E-state index contributed by atoms with van der Waals surface area (Å²) >= 11 is 0.950. The molecule has 0 unspecified atom stereocenters. The van der Waals surface area contributed by atoms with Crippen LogP contribution in [0.5, 0.6) is 0 Å². The number of hydrogen-bond acceptors (Lipinski definition) is 1. The average molecular weight is 1390 g/mol. The quantitative estimate of drug-likeness (QED) is 0.0553. The van der Waals surface area contributed by atoms with Crippen LogP contribution in [0.2, 0.25) is 0 Å². The van der Waals surface area contributed by atoms with Gasteiger partial charge in [0.1, 0.15) is 6.15 Å². The molecule has 0 spiro atoms. The fourth-order valence-corrected chi connectivity index (χ4v) is 19.7. The zero-order chi connectivity index (χ0) is 64.7. The Balaban J connectivity index is 0.00000109. The van der Waals surface area contributed by atoms with Crippen molar-refractivity contribution in [2.75, 3.05) is 73.9 Å². The van der Waals surface area contributed by atoms with Gasteiger partial charge in [0.15, 0.2) is 0 Å². The summed E-state index contributed by atoms with van der Waals surface area (Å²) in [4.78, 5) is 0. The van der Waals surface area contributed by atoms with E-state index in [0.717, 1.165) is 19.4 Å². The first-order valence-electron chi connectivity index (χ1n) is 25.7. The van der Waals surface area contributed by atoms with Crippen molar-refractivity contribution in [3.8, 4) is 0 Å². The topological polar surface area (TPSA) is 23.8 Å². The van der Waals surface area contributed by atoms with Crippen molar-refractivity contribution in [3.63, 3.8) is 0 Å². The van der Waals surface area contributed by atoms with Gasteiger partial charge in [0.25, 0.3) is 0 Å². The van der Waals surface area contributed by atoms with Crippen LogP contribution >= 0.6 is 31.7 Å². The minimum absolute atomic E-state index is 0.0873. The van der Waals surface area contributed by atoms with Gasteiger partial charge in [-0.05, 0) is 79.7 Å². The molecule has 0 aliphatic rings. The Kier molecular flexibility index (Phi) is 30.3. The number of benzene rings is 4. The molecule has 0 amide bonds. The van der Waals surface area contributed by atoms with E-state index >= 15 is 0 Å². The second-order valence-corrected chi connectivity index (χ2v) is 32.7. The Labute approximate surface area is 482 Å². The summed E-state index contributed by atoms with van der Waals surface area (Å²) < 4.78 is 348. The molecule has 0 saturated carbocycles. The predicted molar refractivity (Wildman–Crippen MR) is 289 cm³/mol. The van der Waals surface area contributed by atoms with Crippen molar-refractivity contribution >= 4 is 59.7 Å². The molecule has 0 heterocycles. The van der Waals surface area contributed by atoms with E-state index in [9.17, 15) is 105 Å². The molecule has 4 rings (SSSR count). The third kappa shape index (κ3) is 23.1. The van der Waals surface area contributed by atoms with E-state index in [-0.39, 0.29) is 31.7 Å². The molecule has 1 nitrogen and oxygen atoms in total. The van der Waals surface area contributed by atoms with E-state index in [4.69, 9.17) is 3.73 Å². The fraction of sp³-hybridized carbons (Fsp3) is 0.538. The van der Waals surface area contributed by atoms with Gasteiger partial charge in [-0.15, -0.1) is 0 Å². The SMILES string of the molecule is CC[PH+](CC)CC[PH+](CC)CC.CC[PH+](CC)CC[PH+](CC)CC.FC(F)(F)c1cc([B-](c2cc(C(F)(F)F)cc(C(F)(F)F)c2)(c2cc(C(F)(F)F)cc(C(F)(F)F)c2)c2cc(C(F)(F)F)cc(C(F)(F)F)c2)cc(C(F)(F)F)c1.[N]#[Mo+]. The molecule has 0 N–H and O–H groups in total. The number of alkyl halides is 24. The van der Waals surface area contributed by atoms with Crippen LogP contribution in [-0.2, 0) is 68.9 Å². The van der Waals surface area contributed by atoms with Crippen molar-refractivity contribution < 1.29 is 125 Å². The molecule has 0 aliphatic heterocycles. The van der Waals surface area contributed by atoms with E-state index in [1.165, 1.54) is 49.3 Å². The van der Waals surface area contributed by atoms with Gasteiger partial charge in [-0.25, -0.2) is 0 Å². The normalized spacial score (nSPS) is 13.2. The van der Waals surface area contributed by atoms with E-state index in [1.807, 2.05) is 0 Å². The van der Waals surface area contributed by atoms with Gasteiger partial charge in [-0.2, -0.15) is 127 Å². The maximum atomic E-state index is 14.2. The molecule has 4 aromatic rings. The van der Waals surface area contributed by atoms with Crippen LogP contribution in [0, 0.1) is 3.73 Å². The summed E-state index contributed by atoms with van der Waals surface area (Å²) in [6, 6.07) is -8.81. The van der Waals surface area contributed by atoms with E-state index in [2.05, 4.69) is 55.4 Å². The van der Waals surface area contributed by atoms with Crippen molar-refractivity contribution in [1.82, 2.24) is 0 Å². The van der Waals surface area contributed by atoms with Crippen LogP contribution in [-0.4, -0.2) is 80.1 Å². The van der Waals surface area contributed by atoms with Crippen LogP contribution in [0.4, 0.5) is 105 Å². The van der Waals surface area contributed by atoms with Crippen LogP contribution in [0.15, 0.2) is 72.8 Å². The summed E-state index contributed by atoms with van der Waals surface area (Å²) in [7, 11) is 0.349. The molecule has 0 aliphatic carbocycles. The van der Waals surface area contributed by atoms with Gasteiger partial charge in [0.05, 0.1) is 118 Å². The van der Waals surface area contributed by atoms with Crippen LogP contribution < -0.4 is 21.9 Å². The minimum atomic E-state index is -6.13. The number of hydrogen-bond donors (Lipinski definition) is 0. The molecule has 0 bridgehead atoms. The molecule has 0 fully saturated rings. The van der Waals surface area contributed by atoms with Gasteiger partial charge < -0.3 is 0 Å². The average Bonchev–Trinajstić information content (AvgIpc) is 3.38. The van der Waals surface area contributed by atoms with Crippen molar-refractivity contribution in [3.05, 3.63) is 117 Å². The van der Waals surface area contributed by atoms with Gasteiger partial charge in [-0.3, -0.25) is 0 Å². The van der Waals surface area contributed by atoms with Crippen LogP contribution in [0.3, 0.4) is 0 Å². The Bertz CT molecular complexity index is 2160. The van der Waals surface area contributed by atoms with E-state index in [0.29, 0.717) is 0 Å². The van der Waals surface area contributed by atoms with Crippen molar-refractivity contribution in [2.45, 2.75) is 105 Å². The zero-order valence-electron chi connectivity index (χ0n) is 45.9. The number of rotatable bonds is 18. The molecule has 470 valence electrons. The van der Waals surface area contributed by atoms with E-state index < -0.39 is 195 Å². The predicted octanol–water partition coefficient (Wildman–Crippen LogP) is 18.2. The Morgan fingerprint density at radius 3 is 0.446 bits per heavy atom. The first kappa shape index (κ1) is 78.4. The molecular formula is C52H64BF24MoNP4+4. The molecule has 31 heteroatoms. The molecule has 0 saturated heterocycles. The first-order valence-corrected chi connectivity index (χ1v) is 35.1. The Morgan fingerprint density at radius 2 is 0.361 bits per heavy atom. The standard InChI is InChI=1S/C32H12BF24.2C10H24P2.Mo.N/c34-25(35,36)13-1-14(26(37,38)39)6-21(5-13)33(22-7-15(27(40,41)42)2-16(8-22)28(43,44)45,23-9-17(29(46,47)48)3-18(10-23)30(49,50)51)24-11-19(31(52,53)54)4-20(12-24)32(55,56)57;2*1-5-11(6-2)9-10-12(7-3)8-4;;/h1-12H;2*5-10H2,1-4H3;;/q-1;;;+1;/p+4. The zero-order valence-corrected chi connectivity index (χ0v) is 51.9. The molecule has 0 atom stereocenters. The van der Waals surface area contributed by atoms with E-state index in [1.54, 1.807) is 24.6 Å². The van der Waals surface area contributed by atoms with Crippen LogP contribution in [0.25, 0.3) is 0 Å². The number of halogens is 24. The van der Waals surface area contributed by atoms with Gasteiger partial charge in [-0.1, -0.05) is 48.5 Å². The molecule has 0 aromatic heterocycles. The second kappa shape index (κ2) is 32.0. The first-order chi connectivity index (χ1) is 37.8. The summed E-state index contributed by atoms with van der Waals surface area (Å²) in [5.74, 6) is 0. The van der Waals surface area contributed by atoms with Gasteiger partial charge in [0.2, 0.25) is 0 Å². The number of nitrogens with zero attached hydrogens (tertiary/aromatic N) is 1. The summed E-state index contributed by atoms with van der Waals surface area (Å²) in [5, 5.41) is 0. The van der Waals surface area contributed by atoms with Crippen molar-refractivity contribution in [1.29, 1.82) is 3.73 Å². The molecule has 83 heavy (non-hydrogen) atoms. The summed E-state index contributed by atoms with van der Waals surface area (Å²) in [6.45, 7) is 19.0. The molecular weight excluding hydrogens is 1330 g/mol. The Hall–Kier alpha value is -2.62. The monoisotopic (exact) mass is 1390 g/mol. The third-order valence-corrected chi connectivity index (χ3v) is 26.9. The molecule has 0 radical (unpaired) electrons. The molecule has 4 aromatic carbocycles. The van der Waals surface area contributed by atoms with Gasteiger partial charge in [0, 0.05) is 31.7 Å². The summed E-state index contributed by atoms with van der Waals surface area (Å²) in [6.07, 6.45) is -36.5. The maximum absolute atomic E-state index is 14.2. The second-order valence-electron chi connectivity index (χ2n) is 19.1. The van der Waals surface area contributed by atoms with Gasteiger partial charge >= 0.3 is 72.6 Å². The Morgan fingerprint density at radius 1 is 0.253 bits per heavy atom.